The van der Waals surface area contributed by atoms with Gasteiger partial charge in [0.15, 0.2) is 5.65 Å². The Morgan fingerprint density at radius 3 is 2.79 bits per heavy atom. The fourth-order valence-corrected chi connectivity index (χ4v) is 3.99. The maximum atomic E-state index is 12.6. The summed E-state index contributed by atoms with van der Waals surface area (Å²) < 4.78 is 3.54. The second kappa shape index (κ2) is 5.31. The van der Waals surface area contributed by atoms with E-state index in [-0.39, 0.29) is 11.1 Å². The van der Waals surface area contributed by atoms with E-state index in [9.17, 15) is 4.79 Å². The maximum absolute atomic E-state index is 12.6. The van der Waals surface area contributed by atoms with Crippen LogP contribution in [0.15, 0.2) is 23.0 Å². The summed E-state index contributed by atoms with van der Waals surface area (Å²) in [5, 5.41) is 3.61. The zero-order chi connectivity index (χ0) is 17.1. The average Bonchev–Trinajstić information content (AvgIpc) is 2.98. The van der Waals surface area contributed by atoms with Gasteiger partial charge in [0.1, 0.15) is 0 Å². The first-order chi connectivity index (χ1) is 11.3. The van der Waals surface area contributed by atoms with Gasteiger partial charge in [-0.3, -0.25) is 9.13 Å². The van der Waals surface area contributed by atoms with Crippen LogP contribution in [-0.4, -0.2) is 26.2 Å². The van der Waals surface area contributed by atoms with Crippen LogP contribution in [0.25, 0.3) is 16.7 Å². The van der Waals surface area contributed by atoms with E-state index in [4.69, 9.17) is 4.98 Å². The van der Waals surface area contributed by atoms with E-state index in [2.05, 4.69) is 44.3 Å². The first-order valence-corrected chi connectivity index (χ1v) is 8.85. The zero-order valence-electron chi connectivity index (χ0n) is 15.0. The Kier molecular flexibility index (Phi) is 3.46. The molecule has 5 nitrogen and oxygen atoms in total. The number of hydrogen-bond donors (Lipinski definition) is 1. The van der Waals surface area contributed by atoms with Gasteiger partial charge in [0.2, 0.25) is 0 Å². The van der Waals surface area contributed by atoms with Gasteiger partial charge in [-0.25, -0.2) is 9.78 Å². The Balaban J connectivity index is 1.79. The summed E-state index contributed by atoms with van der Waals surface area (Å²) >= 11 is 0. The number of nitrogens with zero attached hydrogens (tertiary/aromatic N) is 3. The van der Waals surface area contributed by atoms with Crippen molar-refractivity contribution in [2.75, 3.05) is 0 Å². The number of rotatable bonds is 2. The van der Waals surface area contributed by atoms with Gasteiger partial charge in [-0.05, 0) is 42.4 Å². The van der Waals surface area contributed by atoms with Crippen molar-refractivity contribution in [2.45, 2.75) is 58.7 Å². The van der Waals surface area contributed by atoms with Crippen molar-refractivity contribution >= 4 is 16.7 Å². The summed E-state index contributed by atoms with van der Waals surface area (Å²) in [5.41, 5.74) is 4.12. The number of aromatic nitrogens is 3. The summed E-state index contributed by atoms with van der Waals surface area (Å²) in [6.45, 7) is 7.14. The normalized spacial score (nSPS) is 23.8. The smallest absolute Gasteiger partial charge is 0.307 e. The third kappa shape index (κ3) is 2.61. The van der Waals surface area contributed by atoms with Gasteiger partial charge in [0.05, 0.1) is 11.2 Å². The van der Waals surface area contributed by atoms with Gasteiger partial charge in [0.25, 0.3) is 0 Å². The fourth-order valence-electron chi connectivity index (χ4n) is 3.99. The van der Waals surface area contributed by atoms with E-state index in [1.54, 1.807) is 4.57 Å². The first kappa shape index (κ1) is 15.6. The fraction of sp³-hybridized carbons (Fsp3) is 0.579. The van der Waals surface area contributed by atoms with Crippen LogP contribution in [0.5, 0.6) is 0 Å². The third-order valence-corrected chi connectivity index (χ3v) is 5.09. The van der Waals surface area contributed by atoms with Gasteiger partial charge >= 0.3 is 5.69 Å². The van der Waals surface area contributed by atoms with E-state index in [1.165, 1.54) is 18.4 Å². The molecule has 0 saturated carbocycles. The first-order valence-electron chi connectivity index (χ1n) is 8.85. The lowest BCUT2D eigenvalue weighted by molar-refractivity contribution is 0.342. The molecule has 0 spiro atoms. The molecule has 2 bridgehead atoms. The molecule has 1 fully saturated rings. The molecule has 2 unspecified atom stereocenters. The van der Waals surface area contributed by atoms with E-state index in [0.29, 0.717) is 18.6 Å². The second-order valence-corrected chi connectivity index (χ2v) is 8.47. The van der Waals surface area contributed by atoms with Crippen molar-refractivity contribution in [3.05, 3.63) is 34.4 Å². The molecule has 1 saturated heterocycles. The summed E-state index contributed by atoms with van der Waals surface area (Å²) in [7, 11) is 1.82. The molecule has 5 heteroatoms. The van der Waals surface area contributed by atoms with Crippen LogP contribution in [0, 0.1) is 5.41 Å². The largest absolute Gasteiger partial charge is 0.330 e. The SMILES string of the molecule is Cn1c(=O)n(CC(C)(C)C)c2ccc(C3=CC4CCC(C3)N4)nc21. The van der Waals surface area contributed by atoms with Crippen LogP contribution < -0.4 is 11.0 Å². The minimum absolute atomic E-state index is 0.0175. The average molecular weight is 326 g/mol. The van der Waals surface area contributed by atoms with E-state index in [0.717, 1.165) is 23.3 Å². The number of hydrogen-bond acceptors (Lipinski definition) is 3. The topological polar surface area (TPSA) is 51.9 Å². The van der Waals surface area contributed by atoms with Crippen molar-refractivity contribution in [1.82, 2.24) is 19.4 Å². The Labute approximate surface area is 142 Å². The Morgan fingerprint density at radius 1 is 1.29 bits per heavy atom. The third-order valence-electron chi connectivity index (χ3n) is 5.09. The highest BCUT2D eigenvalue weighted by atomic mass is 16.1. The van der Waals surface area contributed by atoms with Crippen LogP contribution in [0.1, 0.15) is 45.7 Å². The van der Waals surface area contributed by atoms with Crippen LogP contribution >= 0.6 is 0 Å². The molecule has 1 N–H and O–H groups in total. The van der Waals surface area contributed by atoms with E-state index in [1.807, 2.05) is 11.6 Å². The predicted octanol–water partition coefficient (Wildman–Crippen LogP) is 2.69. The van der Waals surface area contributed by atoms with Crippen LogP contribution in [-0.2, 0) is 13.6 Å². The summed E-state index contributed by atoms with van der Waals surface area (Å²) in [5.74, 6) is 0. The van der Waals surface area contributed by atoms with Crippen molar-refractivity contribution in [1.29, 1.82) is 0 Å². The van der Waals surface area contributed by atoms with Crippen molar-refractivity contribution < 1.29 is 0 Å². The summed E-state index contributed by atoms with van der Waals surface area (Å²) in [6.07, 6.45) is 5.82. The molecule has 128 valence electrons. The Morgan fingerprint density at radius 2 is 2.08 bits per heavy atom. The molecule has 2 aromatic heterocycles. The lowest BCUT2D eigenvalue weighted by Crippen LogP contribution is -2.32. The highest BCUT2D eigenvalue weighted by molar-refractivity contribution is 5.76. The molecule has 2 aromatic rings. The van der Waals surface area contributed by atoms with E-state index < -0.39 is 0 Å². The number of aryl methyl sites for hydroxylation is 1. The van der Waals surface area contributed by atoms with Gasteiger partial charge in [-0.15, -0.1) is 0 Å². The highest BCUT2D eigenvalue weighted by Crippen LogP contribution is 2.31. The number of fused-ring (bicyclic) bond motifs is 3. The van der Waals surface area contributed by atoms with Crippen molar-refractivity contribution in [2.24, 2.45) is 12.5 Å². The van der Waals surface area contributed by atoms with Crippen LogP contribution in [0.3, 0.4) is 0 Å². The number of imidazole rings is 1. The zero-order valence-corrected chi connectivity index (χ0v) is 15.0. The molecule has 2 aliphatic rings. The van der Waals surface area contributed by atoms with Gasteiger partial charge in [-0.2, -0.15) is 0 Å². The minimum Gasteiger partial charge on any atom is -0.307 e. The molecule has 0 amide bonds. The highest BCUT2D eigenvalue weighted by Gasteiger charge is 2.29. The molecule has 2 aliphatic heterocycles. The lowest BCUT2D eigenvalue weighted by atomic mass is 9.97. The molecule has 4 rings (SSSR count). The minimum atomic E-state index is 0.0175. The van der Waals surface area contributed by atoms with Crippen LogP contribution in [0.2, 0.25) is 0 Å². The molecular formula is C19H26N4O. The van der Waals surface area contributed by atoms with E-state index >= 15 is 0 Å². The predicted molar refractivity (Wildman–Crippen MR) is 97.0 cm³/mol. The number of nitrogens with one attached hydrogen (secondary N) is 1. The maximum Gasteiger partial charge on any atom is 0.330 e. The Bertz CT molecular complexity index is 881. The van der Waals surface area contributed by atoms with Crippen molar-refractivity contribution in [3.63, 3.8) is 0 Å². The summed E-state index contributed by atoms with van der Waals surface area (Å²) in [6, 6.07) is 5.22. The Hall–Kier alpha value is -1.88. The van der Waals surface area contributed by atoms with Crippen molar-refractivity contribution in [3.8, 4) is 0 Å². The number of pyridine rings is 1. The standard InChI is InChI=1S/C19H26N4O/c1-19(2,3)11-23-16-8-7-15(21-17(16)22(4)18(23)24)12-9-13-5-6-14(10-12)20-13/h7-9,13-14,20H,5-6,10-11H2,1-4H3. The van der Waals surface area contributed by atoms with Gasteiger partial charge in [-0.1, -0.05) is 26.8 Å². The van der Waals surface area contributed by atoms with Gasteiger partial charge in [0, 0.05) is 25.7 Å². The quantitative estimate of drug-likeness (QED) is 0.923. The van der Waals surface area contributed by atoms with Crippen LogP contribution in [0.4, 0.5) is 0 Å². The molecule has 4 heterocycles. The monoisotopic (exact) mass is 326 g/mol. The molecule has 0 radical (unpaired) electrons. The van der Waals surface area contributed by atoms with Gasteiger partial charge < -0.3 is 5.32 Å². The molecular weight excluding hydrogens is 300 g/mol. The second-order valence-electron chi connectivity index (χ2n) is 8.47. The molecule has 0 aliphatic carbocycles. The molecule has 0 aromatic carbocycles. The molecule has 2 atom stereocenters. The molecule has 24 heavy (non-hydrogen) atoms. The summed E-state index contributed by atoms with van der Waals surface area (Å²) in [4.78, 5) is 17.5. The lowest BCUT2D eigenvalue weighted by Gasteiger charge is -2.21.